The fraction of sp³-hybridized carbons (Fsp3) is 0.250. The molecule has 0 bridgehead atoms. The molecule has 104 valence electrons. The highest BCUT2D eigenvalue weighted by Crippen LogP contribution is 2.17. The quantitative estimate of drug-likeness (QED) is 0.477. The van der Waals surface area contributed by atoms with Crippen LogP contribution in [0.25, 0.3) is 11.0 Å². The van der Waals surface area contributed by atoms with E-state index in [0.29, 0.717) is 17.6 Å². The smallest absolute Gasteiger partial charge is 0.339 e. The normalized spacial score (nSPS) is 12.1. The highest BCUT2D eigenvalue weighted by Gasteiger charge is 2.20. The number of hydrogen-bond donors (Lipinski definition) is 0. The van der Waals surface area contributed by atoms with Crippen LogP contribution in [0.15, 0.2) is 52.2 Å². The monoisotopic (exact) mass is 272 g/mol. The maximum atomic E-state index is 11.9. The first-order valence-electron chi connectivity index (χ1n) is 6.36. The maximum Gasteiger partial charge on any atom is 0.339 e. The second-order valence-electron chi connectivity index (χ2n) is 4.55. The number of para-hydroxylation sites is 1. The predicted molar refractivity (Wildman–Crippen MR) is 76.5 cm³/mol. The summed E-state index contributed by atoms with van der Waals surface area (Å²) >= 11 is 0. The molecule has 1 heterocycles. The van der Waals surface area contributed by atoms with Crippen molar-refractivity contribution in [2.24, 2.45) is 5.92 Å². The molecule has 1 aromatic carbocycles. The average Bonchev–Trinajstić information content (AvgIpc) is 2.46. The average molecular weight is 272 g/mol. The molecule has 4 nitrogen and oxygen atoms in total. The van der Waals surface area contributed by atoms with Crippen LogP contribution in [0.2, 0.25) is 0 Å². The first-order chi connectivity index (χ1) is 9.65. The van der Waals surface area contributed by atoms with Crippen molar-refractivity contribution in [3.63, 3.8) is 0 Å². The summed E-state index contributed by atoms with van der Waals surface area (Å²) in [7, 11) is 1.33. The lowest BCUT2D eigenvalue weighted by Gasteiger charge is -2.12. The molecule has 2 aromatic rings. The van der Waals surface area contributed by atoms with E-state index in [4.69, 9.17) is 9.15 Å². The summed E-state index contributed by atoms with van der Waals surface area (Å²) in [6.07, 6.45) is 2.38. The summed E-state index contributed by atoms with van der Waals surface area (Å²) in [5.41, 5.74) is 0.599. The van der Waals surface area contributed by atoms with Crippen LogP contribution in [0.4, 0.5) is 0 Å². The zero-order chi connectivity index (χ0) is 14.5. The van der Waals surface area contributed by atoms with Gasteiger partial charge in [0.1, 0.15) is 5.58 Å². The molecule has 1 atom stereocenters. The Balaban J connectivity index is 2.36. The predicted octanol–water partition coefficient (Wildman–Crippen LogP) is 2.70. The van der Waals surface area contributed by atoms with Crippen molar-refractivity contribution in [2.45, 2.75) is 12.8 Å². The van der Waals surface area contributed by atoms with Gasteiger partial charge in [0.15, 0.2) is 0 Å². The topological polar surface area (TPSA) is 56.5 Å². The van der Waals surface area contributed by atoms with Crippen LogP contribution >= 0.6 is 0 Å². The van der Waals surface area contributed by atoms with Gasteiger partial charge in [-0.3, -0.25) is 4.79 Å². The number of benzene rings is 1. The molecule has 20 heavy (non-hydrogen) atoms. The van der Waals surface area contributed by atoms with Gasteiger partial charge < -0.3 is 9.15 Å². The Bertz CT molecular complexity index is 684. The standard InChI is InChI=1S/C16H16O4/c1-3-6-12(15(17)19-2)10-13-9-11-7-4-5-8-14(11)20-16(13)18/h3-5,7-9,12H,1,6,10H2,2H3. The molecule has 0 aliphatic rings. The fourth-order valence-corrected chi connectivity index (χ4v) is 2.14. The molecule has 0 amide bonds. The first-order valence-corrected chi connectivity index (χ1v) is 6.36. The Morgan fingerprint density at radius 2 is 2.20 bits per heavy atom. The molecule has 0 saturated heterocycles. The number of ether oxygens (including phenoxy) is 1. The molecule has 0 fully saturated rings. The largest absolute Gasteiger partial charge is 0.469 e. The molecule has 0 N–H and O–H groups in total. The van der Waals surface area contributed by atoms with Crippen LogP contribution in [-0.4, -0.2) is 13.1 Å². The van der Waals surface area contributed by atoms with Gasteiger partial charge in [0, 0.05) is 10.9 Å². The SMILES string of the molecule is C=CCC(Cc1cc2ccccc2oc1=O)C(=O)OC. The number of methoxy groups -OCH3 is 1. The van der Waals surface area contributed by atoms with Crippen LogP contribution in [0.3, 0.4) is 0 Å². The Morgan fingerprint density at radius 1 is 1.45 bits per heavy atom. The summed E-state index contributed by atoms with van der Waals surface area (Å²) in [6.45, 7) is 3.62. The van der Waals surface area contributed by atoms with Gasteiger partial charge in [0.25, 0.3) is 0 Å². The van der Waals surface area contributed by atoms with Crippen molar-refractivity contribution >= 4 is 16.9 Å². The molecule has 4 heteroatoms. The van der Waals surface area contributed by atoms with E-state index in [1.807, 2.05) is 12.1 Å². The third-order valence-electron chi connectivity index (χ3n) is 3.17. The van der Waals surface area contributed by atoms with E-state index in [9.17, 15) is 9.59 Å². The minimum atomic E-state index is -0.415. The summed E-state index contributed by atoms with van der Waals surface area (Å²) in [5, 5.41) is 0.837. The minimum absolute atomic E-state index is 0.284. The number of rotatable bonds is 5. The molecule has 0 aliphatic carbocycles. The Labute approximate surface area is 116 Å². The lowest BCUT2D eigenvalue weighted by Crippen LogP contribution is -2.21. The van der Waals surface area contributed by atoms with E-state index in [-0.39, 0.29) is 12.4 Å². The fourth-order valence-electron chi connectivity index (χ4n) is 2.14. The lowest BCUT2D eigenvalue weighted by atomic mass is 9.96. The Morgan fingerprint density at radius 3 is 2.90 bits per heavy atom. The van der Waals surface area contributed by atoms with Gasteiger partial charge in [-0.15, -0.1) is 6.58 Å². The van der Waals surface area contributed by atoms with Crippen molar-refractivity contribution in [2.75, 3.05) is 7.11 Å². The second kappa shape index (κ2) is 6.19. The van der Waals surface area contributed by atoms with Crippen LogP contribution in [0.1, 0.15) is 12.0 Å². The molecule has 0 spiro atoms. The lowest BCUT2D eigenvalue weighted by molar-refractivity contribution is -0.145. The summed E-state index contributed by atoms with van der Waals surface area (Å²) < 4.78 is 10.00. The van der Waals surface area contributed by atoms with Gasteiger partial charge in [0.05, 0.1) is 13.0 Å². The Hall–Kier alpha value is -2.36. The van der Waals surface area contributed by atoms with Crippen LogP contribution < -0.4 is 5.63 Å². The van der Waals surface area contributed by atoms with Crippen molar-refractivity contribution in [3.8, 4) is 0 Å². The molecule has 2 rings (SSSR count). The van der Waals surface area contributed by atoms with Crippen molar-refractivity contribution in [3.05, 3.63) is 59.0 Å². The molecule has 0 saturated carbocycles. The van der Waals surface area contributed by atoms with E-state index in [1.165, 1.54) is 7.11 Å². The van der Waals surface area contributed by atoms with E-state index in [1.54, 1.807) is 24.3 Å². The van der Waals surface area contributed by atoms with E-state index in [0.717, 1.165) is 5.39 Å². The van der Waals surface area contributed by atoms with Crippen molar-refractivity contribution in [1.82, 2.24) is 0 Å². The number of carbonyl (C=O) groups is 1. The minimum Gasteiger partial charge on any atom is -0.469 e. The molecular weight excluding hydrogens is 256 g/mol. The van der Waals surface area contributed by atoms with E-state index in [2.05, 4.69) is 6.58 Å². The van der Waals surface area contributed by atoms with Crippen molar-refractivity contribution < 1.29 is 13.9 Å². The number of fused-ring (bicyclic) bond motifs is 1. The van der Waals surface area contributed by atoms with Gasteiger partial charge in [-0.05, 0) is 25.0 Å². The van der Waals surface area contributed by atoms with Crippen LogP contribution in [0.5, 0.6) is 0 Å². The summed E-state index contributed by atoms with van der Waals surface area (Å²) in [6, 6.07) is 9.04. The van der Waals surface area contributed by atoms with Crippen molar-refractivity contribution in [1.29, 1.82) is 0 Å². The first kappa shape index (κ1) is 14.1. The van der Waals surface area contributed by atoms with Crippen LogP contribution in [-0.2, 0) is 16.0 Å². The number of allylic oxidation sites excluding steroid dienone is 1. The van der Waals surface area contributed by atoms with Gasteiger partial charge in [0.2, 0.25) is 0 Å². The highest BCUT2D eigenvalue weighted by atomic mass is 16.5. The molecular formula is C16H16O4. The summed E-state index contributed by atoms with van der Waals surface area (Å²) in [4.78, 5) is 23.6. The summed E-state index contributed by atoms with van der Waals surface area (Å²) in [5.74, 6) is -0.765. The molecule has 0 radical (unpaired) electrons. The van der Waals surface area contributed by atoms with Gasteiger partial charge >= 0.3 is 11.6 Å². The van der Waals surface area contributed by atoms with Gasteiger partial charge in [-0.2, -0.15) is 0 Å². The third kappa shape index (κ3) is 2.96. The highest BCUT2D eigenvalue weighted by molar-refractivity contribution is 5.77. The van der Waals surface area contributed by atoms with E-state index < -0.39 is 11.5 Å². The zero-order valence-corrected chi connectivity index (χ0v) is 11.3. The Kier molecular flexibility index (Phi) is 4.35. The maximum absolute atomic E-state index is 11.9. The number of esters is 1. The second-order valence-corrected chi connectivity index (χ2v) is 4.55. The number of carbonyl (C=O) groups excluding carboxylic acids is 1. The van der Waals surface area contributed by atoms with Crippen LogP contribution in [0, 0.1) is 5.92 Å². The van der Waals surface area contributed by atoms with E-state index >= 15 is 0 Å². The third-order valence-corrected chi connectivity index (χ3v) is 3.17. The molecule has 0 aliphatic heterocycles. The zero-order valence-electron chi connectivity index (χ0n) is 11.3. The van der Waals surface area contributed by atoms with Gasteiger partial charge in [-0.25, -0.2) is 4.79 Å². The van der Waals surface area contributed by atoms with Gasteiger partial charge in [-0.1, -0.05) is 24.3 Å². The molecule has 1 aromatic heterocycles. The molecule has 1 unspecified atom stereocenters. The number of hydrogen-bond acceptors (Lipinski definition) is 4.